The Hall–Kier alpha value is -2.68. The van der Waals surface area contributed by atoms with Gasteiger partial charge in [0.2, 0.25) is 5.89 Å². The van der Waals surface area contributed by atoms with E-state index in [1.165, 1.54) is 12.1 Å². The quantitative estimate of drug-likeness (QED) is 0.680. The first-order chi connectivity index (χ1) is 13.3. The molecule has 0 radical (unpaired) electrons. The molecule has 0 saturated carbocycles. The number of halogens is 3. The molecule has 2 aromatic heterocycles. The van der Waals surface area contributed by atoms with Crippen molar-refractivity contribution in [3.8, 4) is 0 Å². The van der Waals surface area contributed by atoms with Crippen LogP contribution in [0, 0.1) is 13.8 Å². The number of aromatic nitrogens is 3. The standard InChI is InChI=1S/C19H20F3N5O/c1-12-13(2)23-11-24-18(12)27-8-6-26(7-9-27)10-16-25-15-5-3-4-14(17(15)28-16)19(20,21)22/h3-5,11H,6-10H2,1-2H3. The molecule has 1 aliphatic heterocycles. The highest BCUT2D eigenvalue weighted by Crippen LogP contribution is 2.35. The number of hydrogen-bond acceptors (Lipinski definition) is 6. The fourth-order valence-electron chi connectivity index (χ4n) is 3.44. The maximum absolute atomic E-state index is 13.1. The van der Waals surface area contributed by atoms with Gasteiger partial charge in [-0.3, -0.25) is 4.90 Å². The van der Waals surface area contributed by atoms with Crippen molar-refractivity contribution in [2.75, 3.05) is 31.1 Å². The normalized spacial score (nSPS) is 16.1. The number of rotatable bonds is 3. The summed E-state index contributed by atoms with van der Waals surface area (Å²) in [6.07, 6.45) is -2.89. The first-order valence-electron chi connectivity index (χ1n) is 9.04. The molecule has 148 valence electrons. The van der Waals surface area contributed by atoms with Crippen molar-refractivity contribution < 1.29 is 17.6 Å². The van der Waals surface area contributed by atoms with E-state index in [9.17, 15) is 13.2 Å². The zero-order valence-corrected chi connectivity index (χ0v) is 15.6. The molecule has 0 bridgehead atoms. The van der Waals surface area contributed by atoms with Crippen LogP contribution in [0.5, 0.6) is 0 Å². The second-order valence-corrected chi connectivity index (χ2v) is 6.93. The molecule has 0 N–H and O–H groups in total. The summed E-state index contributed by atoms with van der Waals surface area (Å²) in [5.74, 6) is 1.23. The van der Waals surface area contributed by atoms with Crippen molar-refractivity contribution in [3.05, 3.63) is 47.2 Å². The van der Waals surface area contributed by atoms with Gasteiger partial charge in [-0.15, -0.1) is 0 Å². The van der Waals surface area contributed by atoms with Gasteiger partial charge >= 0.3 is 6.18 Å². The molecule has 0 amide bonds. The average molecular weight is 391 g/mol. The van der Waals surface area contributed by atoms with Crippen molar-refractivity contribution in [1.82, 2.24) is 19.9 Å². The molecule has 1 saturated heterocycles. The summed E-state index contributed by atoms with van der Waals surface area (Å²) in [5, 5.41) is 0. The van der Waals surface area contributed by atoms with Crippen molar-refractivity contribution in [2.24, 2.45) is 0 Å². The van der Waals surface area contributed by atoms with Crippen LogP contribution in [0.3, 0.4) is 0 Å². The molecule has 9 heteroatoms. The van der Waals surface area contributed by atoms with Crippen LogP contribution in [0.2, 0.25) is 0 Å². The van der Waals surface area contributed by atoms with Crippen LogP contribution >= 0.6 is 0 Å². The maximum Gasteiger partial charge on any atom is 0.420 e. The highest BCUT2D eigenvalue weighted by molar-refractivity contribution is 5.76. The molecule has 6 nitrogen and oxygen atoms in total. The lowest BCUT2D eigenvalue weighted by molar-refractivity contribution is -0.136. The molecular weight excluding hydrogens is 371 g/mol. The molecule has 3 aromatic rings. The number of fused-ring (bicyclic) bond motifs is 1. The number of hydrogen-bond donors (Lipinski definition) is 0. The van der Waals surface area contributed by atoms with E-state index >= 15 is 0 Å². The van der Waals surface area contributed by atoms with Gasteiger partial charge in [0, 0.05) is 37.4 Å². The van der Waals surface area contributed by atoms with Gasteiger partial charge in [-0.2, -0.15) is 13.2 Å². The number of aryl methyl sites for hydroxylation is 1. The van der Waals surface area contributed by atoms with Crippen molar-refractivity contribution in [3.63, 3.8) is 0 Å². The van der Waals surface area contributed by atoms with Gasteiger partial charge in [0.1, 0.15) is 23.2 Å². The molecule has 1 fully saturated rings. The summed E-state index contributed by atoms with van der Waals surface area (Å²) >= 11 is 0. The van der Waals surface area contributed by atoms with Gasteiger partial charge in [-0.1, -0.05) is 6.07 Å². The van der Waals surface area contributed by atoms with E-state index in [-0.39, 0.29) is 11.1 Å². The second-order valence-electron chi connectivity index (χ2n) is 6.93. The van der Waals surface area contributed by atoms with Crippen LogP contribution in [0.15, 0.2) is 28.9 Å². The summed E-state index contributed by atoms with van der Waals surface area (Å²) < 4.78 is 44.9. The zero-order valence-electron chi connectivity index (χ0n) is 15.6. The largest absolute Gasteiger partial charge is 0.439 e. The molecule has 0 spiro atoms. The Morgan fingerprint density at radius 1 is 1.07 bits per heavy atom. The monoisotopic (exact) mass is 391 g/mol. The molecular formula is C19H20F3N5O. The summed E-state index contributed by atoms with van der Waals surface area (Å²) in [6, 6.07) is 3.90. The van der Waals surface area contributed by atoms with E-state index in [1.54, 1.807) is 6.33 Å². The number of oxazole rings is 1. The summed E-state index contributed by atoms with van der Waals surface area (Å²) in [6.45, 7) is 7.37. The van der Waals surface area contributed by atoms with Crippen LogP contribution in [0.25, 0.3) is 11.1 Å². The van der Waals surface area contributed by atoms with Gasteiger partial charge in [-0.25, -0.2) is 15.0 Å². The zero-order chi connectivity index (χ0) is 19.9. The van der Waals surface area contributed by atoms with Gasteiger partial charge < -0.3 is 9.32 Å². The molecule has 0 atom stereocenters. The minimum Gasteiger partial charge on any atom is -0.439 e. The van der Waals surface area contributed by atoms with Crippen molar-refractivity contribution >= 4 is 16.9 Å². The third-order valence-corrected chi connectivity index (χ3v) is 5.10. The lowest BCUT2D eigenvalue weighted by atomic mass is 10.2. The Kier molecular flexibility index (Phi) is 4.70. The fourth-order valence-corrected chi connectivity index (χ4v) is 3.44. The number of para-hydroxylation sites is 1. The van der Waals surface area contributed by atoms with Crippen LogP contribution in [0.1, 0.15) is 22.7 Å². The summed E-state index contributed by atoms with van der Waals surface area (Å²) in [4.78, 5) is 17.2. The fraction of sp³-hybridized carbons (Fsp3) is 0.421. The minimum atomic E-state index is -4.46. The van der Waals surface area contributed by atoms with Crippen molar-refractivity contribution in [2.45, 2.75) is 26.6 Å². The Morgan fingerprint density at radius 3 is 2.54 bits per heavy atom. The van der Waals surface area contributed by atoms with E-state index in [0.29, 0.717) is 12.4 Å². The molecule has 1 aliphatic rings. The Bertz CT molecular complexity index is 993. The van der Waals surface area contributed by atoms with Crippen LogP contribution < -0.4 is 4.90 Å². The van der Waals surface area contributed by atoms with Gasteiger partial charge in [-0.05, 0) is 26.0 Å². The number of benzene rings is 1. The first-order valence-corrected chi connectivity index (χ1v) is 9.04. The smallest absolute Gasteiger partial charge is 0.420 e. The minimum absolute atomic E-state index is 0.198. The average Bonchev–Trinajstić information content (AvgIpc) is 3.06. The molecule has 1 aromatic carbocycles. The van der Waals surface area contributed by atoms with Crippen molar-refractivity contribution in [1.29, 1.82) is 0 Å². The molecule has 28 heavy (non-hydrogen) atoms. The lowest BCUT2D eigenvalue weighted by Crippen LogP contribution is -2.46. The summed E-state index contributed by atoms with van der Waals surface area (Å²) in [7, 11) is 0. The Balaban J connectivity index is 1.46. The van der Waals surface area contributed by atoms with E-state index in [2.05, 4.69) is 24.8 Å². The second kappa shape index (κ2) is 7.05. The Morgan fingerprint density at radius 2 is 1.82 bits per heavy atom. The van der Waals surface area contributed by atoms with E-state index in [0.717, 1.165) is 49.3 Å². The maximum atomic E-state index is 13.1. The number of alkyl halides is 3. The Labute approximate surface area is 160 Å². The highest BCUT2D eigenvalue weighted by atomic mass is 19.4. The predicted molar refractivity (Wildman–Crippen MR) is 98.0 cm³/mol. The lowest BCUT2D eigenvalue weighted by Gasteiger charge is -2.35. The van der Waals surface area contributed by atoms with Gasteiger partial charge in [0.25, 0.3) is 0 Å². The molecule has 4 rings (SSSR count). The highest BCUT2D eigenvalue weighted by Gasteiger charge is 2.34. The predicted octanol–water partition coefficient (Wildman–Crippen LogP) is 3.58. The van der Waals surface area contributed by atoms with Gasteiger partial charge in [0.05, 0.1) is 6.54 Å². The van der Waals surface area contributed by atoms with Crippen LogP contribution in [0.4, 0.5) is 19.0 Å². The van der Waals surface area contributed by atoms with E-state index in [4.69, 9.17) is 4.42 Å². The third-order valence-electron chi connectivity index (χ3n) is 5.10. The van der Waals surface area contributed by atoms with Crippen LogP contribution in [-0.2, 0) is 12.7 Å². The number of piperazine rings is 1. The van der Waals surface area contributed by atoms with E-state index < -0.39 is 11.7 Å². The topological polar surface area (TPSA) is 58.3 Å². The molecule has 3 heterocycles. The van der Waals surface area contributed by atoms with Gasteiger partial charge in [0.15, 0.2) is 5.58 Å². The third kappa shape index (κ3) is 3.54. The number of nitrogens with zero attached hydrogens (tertiary/aromatic N) is 5. The molecule has 0 aliphatic carbocycles. The SMILES string of the molecule is Cc1ncnc(N2CCN(Cc3nc4cccc(C(F)(F)F)c4o3)CC2)c1C. The molecule has 0 unspecified atom stereocenters. The first kappa shape index (κ1) is 18.7. The number of anilines is 1. The summed E-state index contributed by atoms with van der Waals surface area (Å²) in [5.41, 5.74) is 1.27. The van der Waals surface area contributed by atoms with Crippen LogP contribution in [-0.4, -0.2) is 46.0 Å². The van der Waals surface area contributed by atoms with E-state index in [1.807, 2.05) is 13.8 Å².